The summed E-state index contributed by atoms with van der Waals surface area (Å²) < 4.78 is 0. The van der Waals surface area contributed by atoms with Crippen LogP contribution in [-0.2, 0) is 0 Å². The molecule has 1 aliphatic heterocycles. The van der Waals surface area contributed by atoms with Crippen LogP contribution in [0.15, 0.2) is 24.3 Å². The highest BCUT2D eigenvalue weighted by Crippen LogP contribution is 2.37. The molecule has 0 spiro atoms. The first-order valence-electron chi connectivity index (χ1n) is 8.06. The van der Waals surface area contributed by atoms with Gasteiger partial charge in [-0.25, -0.2) is 0 Å². The van der Waals surface area contributed by atoms with E-state index in [2.05, 4.69) is 29.3 Å². The molecular weight excluding hydrogens is 248 g/mol. The molecule has 3 nitrogen and oxygen atoms in total. The highest BCUT2D eigenvalue weighted by atomic mass is 16.3. The van der Waals surface area contributed by atoms with E-state index < -0.39 is 0 Å². The summed E-state index contributed by atoms with van der Waals surface area (Å²) in [7, 11) is 0. The Morgan fingerprint density at radius 1 is 1.25 bits per heavy atom. The van der Waals surface area contributed by atoms with Crippen LogP contribution in [0.1, 0.15) is 50.6 Å². The van der Waals surface area contributed by atoms with E-state index >= 15 is 0 Å². The lowest BCUT2D eigenvalue weighted by Crippen LogP contribution is -2.40. The maximum absolute atomic E-state index is 9.48. The predicted molar refractivity (Wildman–Crippen MR) is 81.9 cm³/mol. The SMILES string of the molecule is CCC(c1ccc(O)cc1)N(CC1CCCN1)C1CC1. The lowest BCUT2D eigenvalue weighted by molar-refractivity contribution is 0.165. The van der Waals surface area contributed by atoms with Gasteiger partial charge in [-0.15, -0.1) is 0 Å². The summed E-state index contributed by atoms with van der Waals surface area (Å²) >= 11 is 0. The van der Waals surface area contributed by atoms with Gasteiger partial charge in [0.25, 0.3) is 0 Å². The normalized spacial score (nSPS) is 24.2. The second kappa shape index (κ2) is 6.15. The van der Waals surface area contributed by atoms with E-state index in [0.29, 0.717) is 17.8 Å². The average molecular weight is 274 g/mol. The third-order valence-electron chi connectivity index (χ3n) is 4.67. The number of benzene rings is 1. The van der Waals surface area contributed by atoms with Gasteiger partial charge in [0.1, 0.15) is 5.75 Å². The van der Waals surface area contributed by atoms with Crippen molar-refractivity contribution in [1.82, 2.24) is 10.2 Å². The van der Waals surface area contributed by atoms with Crippen molar-refractivity contribution < 1.29 is 5.11 Å². The van der Waals surface area contributed by atoms with Gasteiger partial charge >= 0.3 is 0 Å². The van der Waals surface area contributed by atoms with E-state index in [0.717, 1.165) is 12.5 Å². The van der Waals surface area contributed by atoms with Crippen molar-refractivity contribution in [2.75, 3.05) is 13.1 Å². The van der Waals surface area contributed by atoms with Gasteiger partial charge in [0.2, 0.25) is 0 Å². The zero-order valence-corrected chi connectivity index (χ0v) is 12.4. The van der Waals surface area contributed by atoms with E-state index in [-0.39, 0.29) is 0 Å². The van der Waals surface area contributed by atoms with Crippen LogP contribution in [0.25, 0.3) is 0 Å². The second-order valence-corrected chi connectivity index (χ2v) is 6.24. The van der Waals surface area contributed by atoms with Crippen LogP contribution in [0.4, 0.5) is 0 Å². The first-order chi connectivity index (χ1) is 9.78. The first kappa shape index (κ1) is 13.9. The smallest absolute Gasteiger partial charge is 0.115 e. The third-order valence-corrected chi connectivity index (χ3v) is 4.67. The van der Waals surface area contributed by atoms with Gasteiger partial charge in [-0.3, -0.25) is 4.90 Å². The lowest BCUT2D eigenvalue weighted by Gasteiger charge is -2.33. The summed E-state index contributed by atoms with van der Waals surface area (Å²) in [6.07, 6.45) is 6.46. The fraction of sp³-hybridized carbons (Fsp3) is 0.647. The number of rotatable bonds is 6. The number of nitrogens with one attached hydrogen (secondary N) is 1. The predicted octanol–water partition coefficient (Wildman–Crippen LogP) is 3.06. The molecule has 0 bridgehead atoms. The molecule has 2 aliphatic rings. The molecule has 0 radical (unpaired) electrons. The number of hydrogen-bond donors (Lipinski definition) is 2. The molecule has 1 aromatic rings. The summed E-state index contributed by atoms with van der Waals surface area (Å²) in [5.74, 6) is 0.360. The largest absolute Gasteiger partial charge is 0.508 e. The molecule has 0 aromatic heterocycles. The molecule has 1 aromatic carbocycles. The molecule has 1 heterocycles. The van der Waals surface area contributed by atoms with Crippen LogP contribution in [0, 0.1) is 0 Å². The van der Waals surface area contributed by atoms with Crippen molar-refractivity contribution >= 4 is 0 Å². The molecule has 1 saturated carbocycles. The van der Waals surface area contributed by atoms with Crippen LogP contribution in [0.3, 0.4) is 0 Å². The molecule has 2 N–H and O–H groups in total. The monoisotopic (exact) mass is 274 g/mol. The van der Waals surface area contributed by atoms with E-state index in [1.54, 1.807) is 0 Å². The Kier molecular flexibility index (Phi) is 4.27. The Bertz CT molecular complexity index is 421. The third kappa shape index (κ3) is 3.15. The fourth-order valence-corrected chi connectivity index (χ4v) is 3.46. The maximum atomic E-state index is 9.48. The summed E-state index contributed by atoms with van der Waals surface area (Å²) in [5, 5.41) is 13.1. The van der Waals surface area contributed by atoms with Crippen LogP contribution in [0.5, 0.6) is 5.75 Å². The van der Waals surface area contributed by atoms with Gasteiger partial charge in [0, 0.05) is 24.7 Å². The van der Waals surface area contributed by atoms with Gasteiger partial charge in [-0.05, 0) is 56.3 Å². The summed E-state index contributed by atoms with van der Waals surface area (Å²) in [6.45, 7) is 4.62. The van der Waals surface area contributed by atoms with Crippen LogP contribution in [0.2, 0.25) is 0 Å². The summed E-state index contributed by atoms with van der Waals surface area (Å²) in [5.41, 5.74) is 1.34. The summed E-state index contributed by atoms with van der Waals surface area (Å²) in [4.78, 5) is 2.70. The number of phenols is 1. The lowest BCUT2D eigenvalue weighted by atomic mass is 10.0. The Morgan fingerprint density at radius 3 is 2.55 bits per heavy atom. The Morgan fingerprint density at radius 2 is 2.00 bits per heavy atom. The van der Waals surface area contributed by atoms with Crippen molar-refractivity contribution in [3.63, 3.8) is 0 Å². The maximum Gasteiger partial charge on any atom is 0.115 e. The quantitative estimate of drug-likeness (QED) is 0.837. The first-order valence-corrected chi connectivity index (χ1v) is 8.06. The Labute approximate surface area is 122 Å². The fourth-order valence-electron chi connectivity index (χ4n) is 3.46. The molecule has 2 fully saturated rings. The van der Waals surface area contributed by atoms with E-state index in [1.165, 1.54) is 44.3 Å². The van der Waals surface area contributed by atoms with E-state index in [1.807, 2.05) is 12.1 Å². The van der Waals surface area contributed by atoms with Crippen molar-refractivity contribution in [2.45, 2.75) is 57.2 Å². The minimum absolute atomic E-state index is 0.360. The van der Waals surface area contributed by atoms with Gasteiger partial charge in [-0.1, -0.05) is 19.1 Å². The molecule has 3 heteroatoms. The zero-order valence-electron chi connectivity index (χ0n) is 12.4. The highest BCUT2D eigenvalue weighted by Gasteiger charge is 2.35. The van der Waals surface area contributed by atoms with Crippen molar-refractivity contribution in [3.8, 4) is 5.75 Å². The minimum Gasteiger partial charge on any atom is -0.508 e. The molecule has 2 atom stereocenters. The van der Waals surface area contributed by atoms with Gasteiger partial charge in [0.15, 0.2) is 0 Å². The number of aromatic hydroxyl groups is 1. The molecular formula is C17H26N2O. The van der Waals surface area contributed by atoms with E-state index in [4.69, 9.17) is 0 Å². The molecule has 0 amide bonds. The second-order valence-electron chi connectivity index (χ2n) is 6.24. The van der Waals surface area contributed by atoms with Gasteiger partial charge in [-0.2, -0.15) is 0 Å². The Balaban J connectivity index is 1.74. The topological polar surface area (TPSA) is 35.5 Å². The van der Waals surface area contributed by atoms with Crippen LogP contribution >= 0.6 is 0 Å². The standard InChI is InChI=1S/C17H26N2O/c1-2-17(13-5-9-16(20)10-6-13)19(15-7-8-15)12-14-4-3-11-18-14/h5-6,9-10,14-15,17-18,20H,2-4,7-8,11-12H2,1H3. The van der Waals surface area contributed by atoms with Crippen LogP contribution in [-0.4, -0.2) is 35.2 Å². The average Bonchev–Trinajstić information content (AvgIpc) is 3.18. The Hall–Kier alpha value is -1.06. The van der Waals surface area contributed by atoms with Crippen LogP contribution < -0.4 is 5.32 Å². The van der Waals surface area contributed by atoms with Crippen molar-refractivity contribution in [2.24, 2.45) is 0 Å². The number of phenolic OH excluding ortho intramolecular Hbond substituents is 1. The van der Waals surface area contributed by atoms with Gasteiger partial charge in [0.05, 0.1) is 0 Å². The highest BCUT2D eigenvalue weighted by molar-refractivity contribution is 5.28. The molecule has 1 aliphatic carbocycles. The van der Waals surface area contributed by atoms with Gasteiger partial charge < -0.3 is 10.4 Å². The van der Waals surface area contributed by atoms with Crippen molar-refractivity contribution in [1.29, 1.82) is 0 Å². The van der Waals surface area contributed by atoms with E-state index in [9.17, 15) is 5.11 Å². The van der Waals surface area contributed by atoms with Crippen molar-refractivity contribution in [3.05, 3.63) is 29.8 Å². The minimum atomic E-state index is 0.360. The molecule has 1 saturated heterocycles. The summed E-state index contributed by atoms with van der Waals surface area (Å²) in [6, 6.07) is 9.74. The molecule has 20 heavy (non-hydrogen) atoms. The molecule has 2 unspecified atom stereocenters. The number of nitrogens with zero attached hydrogens (tertiary/aromatic N) is 1. The molecule has 110 valence electrons. The molecule has 3 rings (SSSR count). The zero-order chi connectivity index (χ0) is 13.9. The number of hydrogen-bond acceptors (Lipinski definition) is 3.